The average Bonchev–Trinajstić information content (AvgIpc) is 3.70. The van der Waals surface area contributed by atoms with Crippen molar-refractivity contribution in [2.24, 2.45) is 23.5 Å². The Hall–Kier alpha value is -3.38. The smallest absolute Gasteiger partial charge is 0.408 e. The number of hydrogen-bond acceptors (Lipinski definition) is 5. The maximum absolute atomic E-state index is 15.2. The van der Waals surface area contributed by atoms with E-state index in [2.05, 4.69) is 10.6 Å². The summed E-state index contributed by atoms with van der Waals surface area (Å²) in [7, 11) is 0. The maximum Gasteiger partial charge on any atom is 0.408 e. The molecule has 0 heterocycles. The summed E-state index contributed by atoms with van der Waals surface area (Å²) in [5.74, 6) is -5.04. The average molecular weight is 559 g/mol. The van der Waals surface area contributed by atoms with Gasteiger partial charge in [0, 0.05) is 5.56 Å². The molecule has 0 aliphatic heterocycles. The number of nitrogens with two attached hydrogens (primary N) is 1. The number of halogens is 4. The number of nitrogens with one attached hydrogen (secondary N) is 3. The summed E-state index contributed by atoms with van der Waals surface area (Å²) in [6.45, 7) is 4.62. The second-order valence-corrected chi connectivity index (χ2v) is 11.2. The molecule has 3 rings (SSSR count). The molecule has 0 bridgehead atoms. The van der Waals surface area contributed by atoms with Gasteiger partial charge in [-0.15, -0.1) is 0 Å². The van der Waals surface area contributed by atoms with Gasteiger partial charge in [0.05, 0.1) is 11.6 Å². The zero-order valence-corrected chi connectivity index (χ0v) is 22.2. The van der Waals surface area contributed by atoms with Crippen molar-refractivity contribution in [3.05, 3.63) is 29.1 Å². The van der Waals surface area contributed by atoms with E-state index in [0.29, 0.717) is 0 Å². The Labute approximate surface area is 223 Å². The first-order valence-corrected chi connectivity index (χ1v) is 12.7. The van der Waals surface area contributed by atoms with Gasteiger partial charge in [0.2, 0.25) is 17.7 Å². The number of anilines is 1. The number of amides is 4. The van der Waals surface area contributed by atoms with Crippen molar-refractivity contribution < 1.29 is 41.5 Å². The molecule has 5 N–H and O–H groups in total. The molecule has 0 saturated heterocycles. The lowest BCUT2D eigenvalue weighted by molar-refractivity contribution is -0.139. The predicted octanol–water partition coefficient (Wildman–Crippen LogP) is 3.97. The third-order valence-corrected chi connectivity index (χ3v) is 6.66. The number of carbonyl (C=O) groups is 4. The second-order valence-electron chi connectivity index (χ2n) is 11.2. The van der Waals surface area contributed by atoms with Gasteiger partial charge >= 0.3 is 12.3 Å². The Kier molecular flexibility index (Phi) is 8.81. The van der Waals surface area contributed by atoms with E-state index in [1.54, 1.807) is 26.1 Å². The Balaban J connectivity index is 1.86. The highest BCUT2D eigenvalue weighted by molar-refractivity contribution is 6.01. The number of hydrogen-bond donors (Lipinski definition) is 4. The van der Waals surface area contributed by atoms with Crippen molar-refractivity contribution in [1.29, 1.82) is 0 Å². The van der Waals surface area contributed by atoms with Crippen molar-refractivity contribution in [2.75, 3.05) is 11.9 Å². The van der Waals surface area contributed by atoms with Crippen LogP contribution in [0.2, 0.25) is 0 Å². The quantitative estimate of drug-likeness (QED) is 0.322. The van der Waals surface area contributed by atoms with Crippen LogP contribution in [0.4, 0.5) is 28.0 Å². The van der Waals surface area contributed by atoms with Crippen LogP contribution in [-0.4, -0.2) is 48.2 Å². The normalized spacial score (nSPS) is 17.3. The van der Waals surface area contributed by atoms with Crippen LogP contribution in [0.25, 0.3) is 0 Å². The molecule has 1 aromatic carbocycles. The highest BCUT2D eigenvalue weighted by atomic mass is 19.4. The van der Waals surface area contributed by atoms with Crippen LogP contribution in [0, 0.1) is 23.6 Å². The van der Waals surface area contributed by atoms with Crippen LogP contribution in [-0.2, 0) is 14.3 Å². The molecule has 2 unspecified atom stereocenters. The van der Waals surface area contributed by atoms with Crippen LogP contribution >= 0.6 is 0 Å². The molecular formula is C26H34F4N4O5. The fourth-order valence-corrected chi connectivity index (χ4v) is 4.61. The number of ether oxygens (including phenoxy) is 1. The lowest BCUT2D eigenvalue weighted by Gasteiger charge is -2.29. The fraction of sp³-hybridized carbons (Fsp3) is 0.615. The lowest BCUT2D eigenvalue weighted by Crippen LogP contribution is -2.51. The second kappa shape index (κ2) is 11.4. The molecule has 39 heavy (non-hydrogen) atoms. The first-order chi connectivity index (χ1) is 18.0. The molecule has 4 amide bonds. The van der Waals surface area contributed by atoms with E-state index in [1.165, 1.54) is 6.92 Å². The number of alkyl halides is 3. The number of primary amides is 1. The Morgan fingerprint density at radius 1 is 1.03 bits per heavy atom. The van der Waals surface area contributed by atoms with Crippen molar-refractivity contribution in [3.8, 4) is 0 Å². The molecule has 1 aromatic rings. The molecule has 2 atom stereocenters. The van der Waals surface area contributed by atoms with Crippen molar-refractivity contribution in [2.45, 2.75) is 77.1 Å². The van der Waals surface area contributed by atoms with E-state index in [4.69, 9.17) is 10.5 Å². The Bertz CT molecular complexity index is 1110. The van der Waals surface area contributed by atoms with Gasteiger partial charge in [-0.1, -0.05) is 0 Å². The van der Waals surface area contributed by atoms with Crippen molar-refractivity contribution >= 4 is 29.5 Å². The van der Waals surface area contributed by atoms with Crippen LogP contribution < -0.4 is 21.7 Å². The number of benzene rings is 1. The van der Waals surface area contributed by atoms with E-state index < -0.39 is 65.6 Å². The highest BCUT2D eigenvalue weighted by Crippen LogP contribution is 2.51. The van der Waals surface area contributed by atoms with Crippen LogP contribution in [0.5, 0.6) is 0 Å². The summed E-state index contributed by atoms with van der Waals surface area (Å²) in [5, 5.41) is 6.74. The zero-order chi connectivity index (χ0) is 29.3. The Morgan fingerprint density at radius 3 is 2.05 bits per heavy atom. The van der Waals surface area contributed by atoms with Gasteiger partial charge < -0.3 is 26.4 Å². The molecule has 0 radical (unpaired) electrons. The first-order valence-electron chi connectivity index (χ1n) is 12.7. The van der Waals surface area contributed by atoms with Crippen LogP contribution in [0.15, 0.2) is 12.1 Å². The topological polar surface area (TPSA) is 140 Å². The Morgan fingerprint density at radius 2 is 1.59 bits per heavy atom. The minimum Gasteiger partial charge on any atom is -0.444 e. The molecular weight excluding hydrogens is 524 g/mol. The van der Waals surface area contributed by atoms with Gasteiger partial charge in [-0.05, 0) is 88.8 Å². The van der Waals surface area contributed by atoms with E-state index >= 15 is 4.39 Å². The third-order valence-electron chi connectivity index (χ3n) is 6.66. The summed E-state index contributed by atoms with van der Waals surface area (Å²) < 4.78 is 58.0. The number of alkyl carbamates (subject to hydrolysis) is 1. The molecule has 13 heteroatoms. The van der Waals surface area contributed by atoms with E-state index in [1.807, 2.05) is 0 Å². The van der Waals surface area contributed by atoms with Crippen LogP contribution in [0.1, 0.15) is 75.2 Å². The van der Waals surface area contributed by atoms with Gasteiger partial charge in [0.25, 0.3) is 0 Å². The van der Waals surface area contributed by atoms with Gasteiger partial charge in [0.1, 0.15) is 24.0 Å². The molecule has 0 aromatic heterocycles. The fourth-order valence-electron chi connectivity index (χ4n) is 4.61. The first kappa shape index (κ1) is 30.2. The standard InChI is InChI=1S/C26H34F4N4O5/c1-12(22(36)32-11-26(28,29)30)15-9-17(27)18(10-16(15)21(31)35)33-23(37)20(34-24(38)39-25(2,3)4)19(13-5-6-13)14-7-8-14/h9-10,12-14,19-20H,5-8,11H2,1-4H3,(H2,31,35)(H,32,36)(H,33,37)(H,34,38). The van der Waals surface area contributed by atoms with Crippen molar-refractivity contribution in [1.82, 2.24) is 10.6 Å². The zero-order valence-electron chi connectivity index (χ0n) is 22.2. The van der Waals surface area contributed by atoms with Gasteiger partial charge in [0.15, 0.2) is 0 Å². The highest BCUT2D eigenvalue weighted by Gasteiger charge is 2.48. The largest absolute Gasteiger partial charge is 0.444 e. The maximum atomic E-state index is 15.2. The third kappa shape index (κ3) is 8.56. The molecule has 2 fully saturated rings. The molecule has 2 aliphatic carbocycles. The van der Waals surface area contributed by atoms with Gasteiger partial charge in [-0.3, -0.25) is 14.4 Å². The van der Waals surface area contributed by atoms with Crippen molar-refractivity contribution in [3.63, 3.8) is 0 Å². The SMILES string of the molecule is CC(C(=O)NCC(F)(F)F)c1cc(F)c(NC(=O)C(NC(=O)OC(C)(C)C)C(C2CC2)C2CC2)cc1C(N)=O. The minimum atomic E-state index is -4.66. The molecule has 9 nitrogen and oxygen atoms in total. The van der Waals surface area contributed by atoms with E-state index in [9.17, 15) is 32.3 Å². The summed E-state index contributed by atoms with van der Waals surface area (Å²) >= 11 is 0. The number of carbonyl (C=O) groups excluding carboxylic acids is 4. The molecule has 2 aliphatic rings. The van der Waals surface area contributed by atoms with Gasteiger partial charge in [-0.2, -0.15) is 13.2 Å². The molecule has 216 valence electrons. The minimum absolute atomic E-state index is 0.187. The summed E-state index contributed by atoms with van der Waals surface area (Å²) in [5.41, 5.74) is 3.58. The van der Waals surface area contributed by atoms with Crippen LogP contribution in [0.3, 0.4) is 0 Å². The molecule has 0 spiro atoms. The monoisotopic (exact) mass is 558 g/mol. The number of rotatable bonds is 10. The lowest BCUT2D eigenvalue weighted by atomic mass is 9.88. The van der Waals surface area contributed by atoms with Gasteiger partial charge in [-0.25, -0.2) is 9.18 Å². The summed E-state index contributed by atoms with van der Waals surface area (Å²) in [6, 6.07) is 0.679. The van der Waals surface area contributed by atoms with E-state index in [0.717, 1.165) is 37.8 Å². The summed E-state index contributed by atoms with van der Waals surface area (Å²) in [4.78, 5) is 50.4. The molecule has 2 saturated carbocycles. The van der Waals surface area contributed by atoms with E-state index in [-0.39, 0.29) is 28.9 Å². The summed E-state index contributed by atoms with van der Waals surface area (Å²) in [6.07, 6.45) is -1.90. The predicted molar refractivity (Wildman–Crippen MR) is 133 cm³/mol.